The molecule has 2 fully saturated rings. The second kappa shape index (κ2) is 6.27. The molecule has 0 radical (unpaired) electrons. The highest BCUT2D eigenvalue weighted by Crippen LogP contribution is 2.13. The molecule has 0 aliphatic carbocycles. The summed E-state index contributed by atoms with van der Waals surface area (Å²) < 4.78 is 0. The summed E-state index contributed by atoms with van der Waals surface area (Å²) in [5.41, 5.74) is 0. The van der Waals surface area contributed by atoms with Gasteiger partial charge in [0.05, 0.1) is 6.04 Å². The highest BCUT2D eigenvalue weighted by atomic mass is 16.2. The van der Waals surface area contributed by atoms with Crippen LogP contribution in [0.3, 0.4) is 0 Å². The molecular formula is C14H20N6O2. The van der Waals surface area contributed by atoms with Gasteiger partial charge in [-0.05, 0) is 13.0 Å². The molecule has 1 N–H and O–H groups in total. The third-order valence-corrected chi connectivity index (χ3v) is 4.18. The van der Waals surface area contributed by atoms with E-state index in [1.54, 1.807) is 18.5 Å². The molecule has 3 rings (SSSR count). The van der Waals surface area contributed by atoms with Crippen LogP contribution in [-0.4, -0.2) is 77.0 Å². The molecule has 1 atom stereocenters. The van der Waals surface area contributed by atoms with Crippen LogP contribution < -0.4 is 10.2 Å². The van der Waals surface area contributed by atoms with Gasteiger partial charge in [-0.1, -0.05) is 0 Å². The lowest BCUT2D eigenvalue weighted by Gasteiger charge is -2.38. The summed E-state index contributed by atoms with van der Waals surface area (Å²) in [6.45, 7) is 5.90. The molecular weight excluding hydrogens is 284 g/mol. The van der Waals surface area contributed by atoms with Crippen molar-refractivity contribution in [2.75, 3.05) is 44.2 Å². The fourth-order valence-corrected chi connectivity index (χ4v) is 2.83. The summed E-state index contributed by atoms with van der Waals surface area (Å²) in [5.74, 6) is 0.597. The number of hydrogen-bond donors (Lipinski definition) is 1. The zero-order chi connectivity index (χ0) is 15.5. The van der Waals surface area contributed by atoms with Crippen molar-refractivity contribution in [3.8, 4) is 0 Å². The minimum atomic E-state index is -0.289. The van der Waals surface area contributed by atoms with Gasteiger partial charge in [0.2, 0.25) is 11.9 Å². The van der Waals surface area contributed by atoms with E-state index in [1.165, 1.54) is 4.90 Å². The molecule has 8 heteroatoms. The lowest BCUT2D eigenvalue weighted by Crippen LogP contribution is -2.55. The van der Waals surface area contributed by atoms with Crippen LogP contribution in [0.15, 0.2) is 18.5 Å². The van der Waals surface area contributed by atoms with Gasteiger partial charge in [0.15, 0.2) is 0 Å². The van der Waals surface area contributed by atoms with E-state index in [1.807, 2.05) is 6.92 Å². The number of anilines is 1. The van der Waals surface area contributed by atoms with Gasteiger partial charge >= 0.3 is 6.03 Å². The number of carbonyl (C=O) groups excluding carboxylic acids is 2. The number of imide groups is 1. The van der Waals surface area contributed by atoms with Crippen molar-refractivity contribution in [2.24, 2.45) is 0 Å². The zero-order valence-electron chi connectivity index (χ0n) is 12.6. The molecule has 0 saturated carbocycles. The Hall–Kier alpha value is -2.22. The SMILES string of the molecule is C[C@H](C(=O)N1CCNC1=O)N1CCN(c2ncccn2)CC1. The first-order valence-corrected chi connectivity index (χ1v) is 7.52. The summed E-state index contributed by atoms with van der Waals surface area (Å²) in [5, 5.41) is 2.66. The number of carbonyl (C=O) groups is 2. The van der Waals surface area contributed by atoms with Crippen LogP contribution in [-0.2, 0) is 4.79 Å². The van der Waals surface area contributed by atoms with Crippen LogP contribution in [0.2, 0.25) is 0 Å². The molecule has 2 aliphatic heterocycles. The molecule has 8 nitrogen and oxygen atoms in total. The maximum atomic E-state index is 12.4. The second-order valence-electron chi connectivity index (χ2n) is 5.47. The summed E-state index contributed by atoms with van der Waals surface area (Å²) in [4.78, 5) is 38.0. The molecule has 1 aromatic rings. The van der Waals surface area contributed by atoms with Crippen molar-refractivity contribution in [1.82, 2.24) is 25.1 Å². The van der Waals surface area contributed by atoms with E-state index in [2.05, 4.69) is 25.1 Å². The third-order valence-electron chi connectivity index (χ3n) is 4.18. The minimum Gasteiger partial charge on any atom is -0.338 e. The van der Waals surface area contributed by atoms with E-state index in [4.69, 9.17) is 0 Å². The zero-order valence-corrected chi connectivity index (χ0v) is 12.6. The number of urea groups is 1. The number of piperazine rings is 1. The van der Waals surface area contributed by atoms with Gasteiger partial charge in [0, 0.05) is 51.7 Å². The van der Waals surface area contributed by atoms with Gasteiger partial charge in [-0.3, -0.25) is 14.6 Å². The standard InChI is InChI=1S/C14H20N6O2/c1-11(12(21)20-6-5-17-14(20)22)18-7-9-19(10-8-18)13-15-3-2-4-16-13/h2-4,11H,5-10H2,1H3,(H,17,22)/t11-/m1/s1. The van der Waals surface area contributed by atoms with E-state index in [-0.39, 0.29) is 18.0 Å². The minimum absolute atomic E-state index is 0.126. The van der Waals surface area contributed by atoms with E-state index in [0.717, 1.165) is 32.1 Å². The van der Waals surface area contributed by atoms with Crippen LogP contribution >= 0.6 is 0 Å². The third kappa shape index (κ3) is 2.87. The maximum Gasteiger partial charge on any atom is 0.324 e. The van der Waals surface area contributed by atoms with E-state index < -0.39 is 0 Å². The Bertz CT molecular complexity index is 544. The van der Waals surface area contributed by atoms with E-state index in [0.29, 0.717) is 13.1 Å². The quantitative estimate of drug-likeness (QED) is 0.814. The van der Waals surface area contributed by atoms with Crippen LogP contribution in [0, 0.1) is 0 Å². The predicted molar refractivity (Wildman–Crippen MR) is 80.4 cm³/mol. The lowest BCUT2D eigenvalue weighted by atomic mass is 10.2. The molecule has 0 unspecified atom stereocenters. The van der Waals surface area contributed by atoms with Crippen LogP contribution in [0.25, 0.3) is 0 Å². The van der Waals surface area contributed by atoms with Gasteiger partial charge < -0.3 is 10.2 Å². The van der Waals surface area contributed by atoms with Crippen molar-refractivity contribution in [1.29, 1.82) is 0 Å². The average molecular weight is 304 g/mol. The Kier molecular flexibility index (Phi) is 4.19. The first-order chi connectivity index (χ1) is 10.7. The second-order valence-corrected chi connectivity index (χ2v) is 5.47. The number of nitrogens with zero attached hydrogens (tertiary/aromatic N) is 5. The van der Waals surface area contributed by atoms with Gasteiger partial charge in [0.1, 0.15) is 0 Å². The topological polar surface area (TPSA) is 81.7 Å². The molecule has 3 heterocycles. The largest absolute Gasteiger partial charge is 0.338 e. The molecule has 22 heavy (non-hydrogen) atoms. The van der Waals surface area contributed by atoms with Gasteiger partial charge in [-0.25, -0.2) is 14.8 Å². The predicted octanol–water partition coefficient (Wildman–Crippen LogP) is -0.461. The molecule has 0 bridgehead atoms. The van der Waals surface area contributed by atoms with E-state index in [9.17, 15) is 9.59 Å². The maximum absolute atomic E-state index is 12.4. The fourth-order valence-electron chi connectivity index (χ4n) is 2.83. The Morgan fingerprint density at radius 1 is 1.18 bits per heavy atom. The molecule has 0 spiro atoms. The number of hydrogen-bond acceptors (Lipinski definition) is 6. The van der Waals surface area contributed by atoms with Crippen molar-refractivity contribution in [2.45, 2.75) is 13.0 Å². The van der Waals surface area contributed by atoms with Crippen molar-refractivity contribution in [3.05, 3.63) is 18.5 Å². The van der Waals surface area contributed by atoms with Crippen molar-refractivity contribution in [3.63, 3.8) is 0 Å². The first kappa shape index (κ1) is 14.7. The fraction of sp³-hybridized carbons (Fsp3) is 0.571. The monoisotopic (exact) mass is 304 g/mol. The smallest absolute Gasteiger partial charge is 0.324 e. The number of amides is 3. The molecule has 0 aromatic carbocycles. The summed E-state index contributed by atoms with van der Waals surface area (Å²) in [6.07, 6.45) is 3.46. The molecule has 3 amide bonds. The number of nitrogens with one attached hydrogen (secondary N) is 1. The highest BCUT2D eigenvalue weighted by molar-refractivity contribution is 5.98. The Morgan fingerprint density at radius 3 is 2.45 bits per heavy atom. The number of aromatic nitrogens is 2. The normalized spacial score (nSPS) is 20.9. The summed E-state index contributed by atoms with van der Waals surface area (Å²) >= 11 is 0. The molecule has 2 saturated heterocycles. The molecule has 118 valence electrons. The average Bonchev–Trinajstić information content (AvgIpc) is 3.00. The Morgan fingerprint density at radius 2 is 1.86 bits per heavy atom. The van der Waals surface area contributed by atoms with Crippen molar-refractivity contribution < 1.29 is 9.59 Å². The van der Waals surface area contributed by atoms with Crippen molar-refractivity contribution >= 4 is 17.9 Å². The Balaban J connectivity index is 1.57. The lowest BCUT2D eigenvalue weighted by molar-refractivity contribution is -0.132. The van der Waals surface area contributed by atoms with Crippen LogP contribution in [0.4, 0.5) is 10.7 Å². The van der Waals surface area contributed by atoms with Gasteiger partial charge in [-0.15, -0.1) is 0 Å². The first-order valence-electron chi connectivity index (χ1n) is 7.52. The molecule has 1 aromatic heterocycles. The van der Waals surface area contributed by atoms with Gasteiger partial charge in [0.25, 0.3) is 0 Å². The van der Waals surface area contributed by atoms with Crippen LogP contribution in [0.1, 0.15) is 6.92 Å². The summed E-state index contributed by atoms with van der Waals surface area (Å²) in [6, 6.07) is 1.22. The highest BCUT2D eigenvalue weighted by Gasteiger charge is 2.33. The van der Waals surface area contributed by atoms with E-state index >= 15 is 0 Å². The number of rotatable bonds is 3. The van der Waals surface area contributed by atoms with Crippen LogP contribution in [0.5, 0.6) is 0 Å². The van der Waals surface area contributed by atoms with Gasteiger partial charge in [-0.2, -0.15) is 0 Å². The summed E-state index contributed by atoms with van der Waals surface area (Å²) in [7, 11) is 0. The molecule has 2 aliphatic rings. The Labute approximate surface area is 129 Å².